The van der Waals surface area contributed by atoms with E-state index in [0.29, 0.717) is 18.2 Å². The molecule has 0 saturated carbocycles. The first-order valence-electron chi connectivity index (χ1n) is 7.38. The molecule has 2 rings (SSSR count). The maximum absolute atomic E-state index is 11.1. The van der Waals surface area contributed by atoms with Gasteiger partial charge in [-0.15, -0.1) is 0 Å². The molecule has 1 unspecified atom stereocenters. The van der Waals surface area contributed by atoms with Crippen LogP contribution in [0.25, 0.3) is 0 Å². The van der Waals surface area contributed by atoms with Crippen LogP contribution in [0, 0.1) is 0 Å². The van der Waals surface area contributed by atoms with E-state index in [1.807, 2.05) is 0 Å². The first-order chi connectivity index (χ1) is 9.65. The van der Waals surface area contributed by atoms with Gasteiger partial charge in [0.1, 0.15) is 12.4 Å². The fraction of sp³-hybridized carbons (Fsp3) is 0.562. The van der Waals surface area contributed by atoms with Crippen LogP contribution in [0.1, 0.15) is 42.6 Å². The van der Waals surface area contributed by atoms with Crippen molar-refractivity contribution in [2.24, 2.45) is 0 Å². The van der Waals surface area contributed by atoms with Gasteiger partial charge in [-0.05, 0) is 56.1 Å². The van der Waals surface area contributed by atoms with E-state index < -0.39 is 5.97 Å². The lowest BCUT2D eigenvalue weighted by Crippen LogP contribution is -2.44. The molecule has 1 heterocycles. The van der Waals surface area contributed by atoms with E-state index in [4.69, 9.17) is 9.84 Å². The zero-order valence-corrected chi connectivity index (χ0v) is 12.3. The van der Waals surface area contributed by atoms with Gasteiger partial charge in [-0.1, -0.05) is 13.8 Å². The van der Waals surface area contributed by atoms with Crippen LogP contribution in [0.15, 0.2) is 18.2 Å². The Morgan fingerprint density at radius 2 is 2.05 bits per heavy atom. The summed E-state index contributed by atoms with van der Waals surface area (Å²) in [5.74, 6) is -0.0481. The number of hydrogen-bond donors (Lipinski definition) is 1. The lowest BCUT2D eigenvalue weighted by molar-refractivity contribution is 0.0696. The van der Waals surface area contributed by atoms with Crippen LogP contribution in [-0.2, 0) is 6.42 Å². The number of nitrogens with zero attached hydrogens (tertiary/aromatic N) is 1. The third-order valence-corrected chi connectivity index (χ3v) is 3.73. The Morgan fingerprint density at radius 1 is 1.35 bits per heavy atom. The molecular formula is C16H23NO3. The molecule has 1 aromatic carbocycles. The van der Waals surface area contributed by atoms with Crippen molar-refractivity contribution in [3.63, 3.8) is 0 Å². The van der Waals surface area contributed by atoms with Crippen LogP contribution in [0.3, 0.4) is 0 Å². The van der Waals surface area contributed by atoms with Crippen molar-refractivity contribution in [2.75, 3.05) is 19.7 Å². The molecule has 110 valence electrons. The Hall–Kier alpha value is -1.55. The SMILES string of the molecule is CCCN(CCC)C1COc2ccc(C(=O)O)cc2C1. The van der Waals surface area contributed by atoms with Crippen molar-refractivity contribution in [2.45, 2.75) is 39.2 Å². The lowest BCUT2D eigenvalue weighted by Gasteiger charge is -2.35. The third-order valence-electron chi connectivity index (χ3n) is 3.73. The van der Waals surface area contributed by atoms with Crippen LogP contribution in [0.5, 0.6) is 5.75 Å². The molecule has 1 aliphatic heterocycles. The van der Waals surface area contributed by atoms with Gasteiger partial charge in [0, 0.05) is 6.04 Å². The highest BCUT2D eigenvalue weighted by atomic mass is 16.5. The standard InChI is InChI=1S/C16H23NO3/c1-3-7-17(8-4-2)14-10-13-9-12(16(18)19)5-6-15(13)20-11-14/h5-6,9,14H,3-4,7-8,10-11H2,1-2H3,(H,18,19). The van der Waals surface area contributed by atoms with Gasteiger partial charge in [0.25, 0.3) is 0 Å². The number of rotatable bonds is 6. The average molecular weight is 277 g/mol. The number of benzene rings is 1. The van der Waals surface area contributed by atoms with E-state index >= 15 is 0 Å². The van der Waals surface area contributed by atoms with Crippen LogP contribution < -0.4 is 4.74 Å². The summed E-state index contributed by atoms with van der Waals surface area (Å²) in [7, 11) is 0. The smallest absolute Gasteiger partial charge is 0.335 e. The maximum Gasteiger partial charge on any atom is 0.335 e. The molecule has 0 amide bonds. The Labute approximate surface area is 120 Å². The third kappa shape index (κ3) is 3.31. The number of carboxylic acid groups (broad SMARTS) is 1. The Kier molecular flexibility index (Phi) is 5.01. The predicted molar refractivity (Wildman–Crippen MR) is 78.5 cm³/mol. The molecule has 1 N–H and O–H groups in total. The van der Waals surface area contributed by atoms with Crippen molar-refractivity contribution >= 4 is 5.97 Å². The van der Waals surface area contributed by atoms with Gasteiger partial charge >= 0.3 is 5.97 Å². The van der Waals surface area contributed by atoms with E-state index in [2.05, 4.69) is 18.7 Å². The zero-order chi connectivity index (χ0) is 14.5. The van der Waals surface area contributed by atoms with Crippen LogP contribution in [0.2, 0.25) is 0 Å². The predicted octanol–water partition coefficient (Wildman–Crippen LogP) is 2.81. The highest BCUT2D eigenvalue weighted by Gasteiger charge is 2.25. The molecule has 1 aliphatic rings. The zero-order valence-electron chi connectivity index (χ0n) is 12.3. The number of hydrogen-bond acceptors (Lipinski definition) is 3. The molecule has 0 aromatic heterocycles. The molecule has 0 fully saturated rings. The van der Waals surface area contributed by atoms with Crippen LogP contribution in [0.4, 0.5) is 0 Å². The summed E-state index contributed by atoms with van der Waals surface area (Å²) >= 11 is 0. The number of carboxylic acids is 1. The summed E-state index contributed by atoms with van der Waals surface area (Å²) < 4.78 is 5.81. The molecule has 0 bridgehead atoms. The number of aromatic carboxylic acids is 1. The first kappa shape index (κ1) is 14.9. The number of carbonyl (C=O) groups is 1. The van der Waals surface area contributed by atoms with Gasteiger partial charge in [-0.2, -0.15) is 0 Å². The largest absolute Gasteiger partial charge is 0.492 e. The Bertz CT molecular complexity index is 467. The summed E-state index contributed by atoms with van der Waals surface area (Å²) in [6, 6.07) is 5.49. The molecule has 1 atom stereocenters. The Morgan fingerprint density at radius 3 is 2.65 bits per heavy atom. The summed E-state index contributed by atoms with van der Waals surface area (Å²) in [5.41, 5.74) is 1.35. The number of ether oxygens (including phenoxy) is 1. The van der Waals surface area contributed by atoms with E-state index in [1.54, 1.807) is 18.2 Å². The second-order valence-corrected chi connectivity index (χ2v) is 5.33. The van der Waals surface area contributed by atoms with Gasteiger partial charge in [0.05, 0.1) is 5.56 Å². The van der Waals surface area contributed by atoms with E-state index in [0.717, 1.165) is 43.7 Å². The van der Waals surface area contributed by atoms with Crippen molar-refractivity contribution in [3.8, 4) is 5.75 Å². The second kappa shape index (κ2) is 6.75. The van der Waals surface area contributed by atoms with Crippen LogP contribution >= 0.6 is 0 Å². The van der Waals surface area contributed by atoms with Crippen molar-refractivity contribution in [3.05, 3.63) is 29.3 Å². The molecule has 4 heteroatoms. The maximum atomic E-state index is 11.1. The van der Waals surface area contributed by atoms with Crippen molar-refractivity contribution in [1.29, 1.82) is 0 Å². The molecular weight excluding hydrogens is 254 g/mol. The first-order valence-corrected chi connectivity index (χ1v) is 7.38. The lowest BCUT2D eigenvalue weighted by atomic mass is 9.99. The van der Waals surface area contributed by atoms with Gasteiger partial charge in [-0.25, -0.2) is 4.79 Å². The summed E-state index contributed by atoms with van der Waals surface area (Å²) in [6.07, 6.45) is 3.12. The Balaban J connectivity index is 2.15. The highest BCUT2D eigenvalue weighted by molar-refractivity contribution is 5.88. The fourth-order valence-corrected chi connectivity index (χ4v) is 2.80. The van der Waals surface area contributed by atoms with E-state index in [-0.39, 0.29) is 0 Å². The minimum absolute atomic E-state index is 0.338. The second-order valence-electron chi connectivity index (χ2n) is 5.33. The normalized spacial score (nSPS) is 17.6. The van der Waals surface area contributed by atoms with Crippen molar-refractivity contribution in [1.82, 2.24) is 4.90 Å². The quantitative estimate of drug-likeness (QED) is 0.868. The molecule has 4 nitrogen and oxygen atoms in total. The summed E-state index contributed by atoms with van der Waals surface area (Å²) in [5, 5.41) is 9.08. The van der Waals surface area contributed by atoms with Gasteiger partial charge < -0.3 is 9.84 Å². The number of fused-ring (bicyclic) bond motifs is 1. The summed E-state index contributed by atoms with van der Waals surface area (Å²) in [4.78, 5) is 13.5. The van der Waals surface area contributed by atoms with Gasteiger partial charge in [0.15, 0.2) is 0 Å². The topological polar surface area (TPSA) is 49.8 Å². The van der Waals surface area contributed by atoms with Gasteiger partial charge in [-0.3, -0.25) is 4.90 Å². The molecule has 0 radical (unpaired) electrons. The van der Waals surface area contributed by atoms with E-state index in [9.17, 15) is 4.79 Å². The molecule has 20 heavy (non-hydrogen) atoms. The molecule has 0 spiro atoms. The molecule has 0 saturated heterocycles. The van der Waals surface area contributed by atoms with Crippen LogP contribution in [-0.4, -0.2) is 41.7 Å². The minimum Gasteiger partial charge on any atom is -0.492 e. The minimum atomic E-state index is -0.881. The summed E-state index contributed by atoms with van der Waals surface area (Å²) in [6.45, 7) is 7.19. The van der Waals surface area contributed by atoms with Crippen molar-refractivity contribution < 1.29 is 14.6 Å². The fourth-order valence-electron chi connectivity index (χ4n) is 2.80. The molecule has 1 aromatic rings. The monoisotopic (exact) mass is 277 g/mol. The average Bonchev–Trinajstić information content (AvgIpc) is 2.45. The molecule has 0 aliphatic carbocycles. The van der Waals surface area contributed by atoms with Gasteiger partial charge in [0.2, 0.25) is 0 Å². The highest BCUT2D eigenvalue weighted by Crippen LogP contribution is 2.27. The van der Waals surface area contributed by atoms with E-state index in [1.165, 1.54) is 0 Å².